The molecule has 0 heterocycles. The third kappa shape index (κ3) is 5.90. The average Bonchev–Trinajstić information content (AvgIpc) is 2.65. The summed E-state index contributed by atoms with van der Waals surface area (Å²) in [4.78, 5) is 24.2. The third-order valence-electron chi connectivity index (χ3n) is 4.39. The molecule has 0 fully saturated rings. The second-order valence-corrected chi connectivity index (χ2v) is 6.49. The number of benzene rings is 2. The number of carbonyl (C=O) groups excluding carboxylic acids is 2. The first-order valence-corrected chi connectivity index (χ1v) is 8.81. The molecule has 0 aliphatic carbocycles. The van der Waals surface area contributed by atoms with Crippen LogP contribution in [0.2, 0.25) is 0 Å². The zero-order chi connectivity index (χ0) is 18.9. The van der Waals surface area contributed by atoms with Gasteiger partial charge < -0.3 is 9.47 Å². The minimum atomic E-state index is -0.794. The molecular formula is C22H26O4. The number of carbonyl (C=O) groups is 2. The highest BCUT2D eigenvalue weighted by atomic mass is 16.5. The molecule has 2 rings (SSSR count). The second-order valence-electron chi connectivity index (χ2n) is 6.49. The summed E-state index contributed by atoms with van der Waals surface area (Å²) in [5.41, 5.74) is 1.95. The van der Waals surface area contributed by atoms with Crippen LogP contribution in [-0.4, -0.2) is 23.8 Å². The van der Waals surface area contributed by atoms with Crippen LogP contribution in [-0.2, 0) is 32.3 Å². The van der Waals surface area contributed by atoms with E-state index in [1.54, 1.807) is 6.92 Å². The van der Waals surface area contributed by atoms with Crippen molar-refractivity contribution in [2.24, 2.45) is 5.92 Å². The van der Waals surface area contributed by atoms with E-state index in [2.05, 4.69) is 0 Å². The first-order valence-electron chi connectivity index (χ1n) is 8.81. The van der Waals surface area contributed by atoms with Gasteiger partial charge in [0.1, 0.15) is 18.0 Å². The van der Waals surface area contributed by atoms with Crippen molar-refractivity contribution >= 4 is 11.6 Å². The summed E-state index contributed by atoms with van der Waals surface area (Å²) in [6.45, 7) is 5.38. The van der Waals surface area contributed by atoms with Crippen molar-refractivity contribution in [3.63, 3.8) is 0 Å². The quantitative estimate of drug-likeness (QED) is 0.648. The van der Waals surface area contributed by atoms with Crippen molar-refractivity contribution < 1.29 is 19.1 Å². The Kier molecular flexibility index (Phi) is 7.70. The van der Waals surface area contributed by atoms with Crippen LogP contribution in [0.1, 0.15) is 31.9 Å². The maximum Gasteiger partial charge on any atom is 0.161 e. The SMILES string of the molecule is CC(=O)[C@H](C)[C@@H](OCc1ccccc1)[C@@H](OCc1ccccc1)C(C)=O. The van der Waals surface area contributed by atoms with Gasteiger partial charge >= 0.3 is 0 Å². The predicted molar refractivity (Wildman–Crippen MR) is 101 cm³/mol. The van der Waals surface area contributed by atoms with Gasteiger partial charge in [-0.05, 0) is 25.0 Å². The van der Waals surface area contributed by atoms with Gasteiger partial charge in [0, 0.05) is 5.92 Å². The first kappa shape index (κ1) is 20.0. The van der Waals surface area contributed by atoms with Crippen molar-refractivity contribution in [2.45, 2.75) is 46.2 Å². The summed E-state index contributed by atoms with van der Waals surface area (Å²) in [6, 6.07) is 19.3. The molecule has 4 nitrogen and oxygen atoms in total. The minimum absolute atomic E-state index is 0.0300. The molecule has 2 aromatic carbocycles. The summed E-state index contributed by atoms with van der Waals surface area (Å²) in [5, 5.41) is 0. The molecule has 0 radical (unpaired) electrons. The number of hydrogen-bond donors (Lipinski definition) is 0. The Balaban J connectivity index is 2.12. The number of ether oxygens (including phenoxy) is 2. The molecular weight excluding hydrogens is 328 g/mol. The van der Waals surface area contributed by atoms with E-state index in [0.717, 1.165) is 11.1 Å². The molecule has 3 atom stereocenters. The molecule has 0 spiro atoms. The number of hydrogen-bond acceptors (Lipinski definition) is 4. The van der Waals surface area contributed by atoms with Crippen molar-refractivity contribution in [2.75, 3.05) is 0 Å². The fourth-order valence-corrected chi connectivity index (χ4v) is 2.70. The Morgan fingerprint density at radius 2 is 1.23 bits per heavy atom. The smallest absolute Gasteiger partial charge is 0.161 e. The minimum Gasteiger partial charge on any atom is -0.370 e. The van der Waals surface area contributed by atoms with Gasteiger partial charge in [0.05, 0.1) is 13.2 Å². The highest BCUT2D eigenvalue weighted by molar-refractivity contribution is 5.84. The highest BCUT2D eigenvalue weighted by Gasteiger charge is 2.34. The summed E-state index contributed by atoms with van der Waals surface area (Å²) in [6.07, 6.45) is -1.42. The number of Topliss-reactive ketones (excluding diaryl/α,β-unsaturated/α-hetero) is 2. The molecule has 4 heteroatoms. The summed E-state index contributed by atoms with van der Waals surface area (Å²) < 4.78 is 11.9. The Bertz CT molecular complexity index is 697. The largest absolute Gasteiger partial charge is 0.370 e. The van der Waals surface area contributed by atoms with Crippen LogP contribution < -0.4 is 0 Å². The van der Waals surface area contributed by atoms with Crippen LogP contribution in [0.4, 0.5) is 0 Å². The van der Waals surface area contributed by atoms with Crippen LogP contribution >= 0.6 is 0 Å². The molecule has 2 aromatic rings. The van der Waals surface area contributed by atoms with Gasteiger partial charge in [0.2, 0.25) is 0 Å². The third-order valence-corrected chi connectivity index (χ3v) is 4.39. The molecule has 0 saturated heterocycles. The van der Waals surface area contributed by atoms with Gasteiger partial charge in [0.25, 0.3) is 0 Å². The monoisotopic (exact) mass is 354 g/mol. The number of rotatable bonds is 10. The molecule has 0 aliphatic rings. The summed E-state index contributed by atoms with van der Waals surface area (Å²) in [7, 11) is 0. The van der Waals surface area contributed by atoms with Gasteiger partial charge in [-0.25, -0.2) is 0 Å². The zero-order valence-electron chi connectivity index (χ0n) is 15.6. The van der Waals surface area contributed by atoms with E-state index in [9.17, 15) is 9.59 Å². The number of ketones is 2. The lowest BCUT2D eigenvalue weighted by molar-refractivity contribution is -0.152. The van der Waals surface area contributed by atoms with Crippen LogP contribution in [0, 0.1) is 5.92 Å². The maximum absolute atomic E-state index is 12.2. The lowest BCUT2D eigenvalue weighted by atomic mass is 9.94. The zero-order valence-corrected chi connectivity index (χ0v) is 15.6. The maximum atomic E-state index is 12.2. The fraction of sp³-hybridized carbons (Fsp3) is 0.364. The fourth-order valence-electron chi connectivity index (χ4n) is 2.70. The van der Waals surface area contributed by atoms with E-state index in [4.69, 9.17) is 9.47 Å². The van der Waals surface area contributed by atoms with Crippen LogP contribution in [0.25, 0.3) is 0 Å². The van der Waals surface area contributed by atoms with Crippen molar-refractivity contribution in [1.82, 2.24) is 0 Å². The van der Waals surface area contributed by atoms with E-state index < -0.39 is 18.1 Å². The molecule has 26 heavy (non-hydrogen) atoms. The average molecular weight is 354 g/mol. The van der Waals surface area contributed by atoms with Crippen molar-refractivity contribution in [3.05, 3.63) is 71.8 Å². The van der Waals surface area contributed by atoms with Gasteiger partial charge in [-0.1, -0.05) is 67.6 Å². The van der Waals surface area contributed by atoms with Gasteiger partial charge in [-0.15, -0.1) is 0 Å². The predicted octanol–water partition coefficient (Wildman–Crippen LogP) is 3.97. The first-order chi connectivity index (χ1) is 12.5. The van der Waals surface area contributed by atoms with E-state index in [1.807, 2.05) is 60.7 Å². The molecule has 0 bridgehead atoms. The second kappa shape index (κ2) is 10.00. The summed E-state index contributed by atoms with van der Waals surface area (Å²) in [5.74, 6) is -0.617. The van der Waals surface area contributed by atoms with Crippen LogP contribution in [0.3, 0.4) is 0 Å². The Morgan fingerprint density at radius 3 is 1.65 bits per heavy atom. The van der Waals surface area contributed by atoms with Gasteiger partial charge in [-0.3, -0.25) is 9.59 Å². The molecule has 0 unspecified atom stereocenters. The molecule has 0 saturated carbocycles. The standard InChI is InChI=1S/C22H26O4/c1-16(17(2)23)21(25-14-19-10-6-4-7-11-19)22(18(3)24)26-15-20-12-8-5-9-13-20/h4-13,16,21-22H,14-15H2,1-3H3/t16-,21+,22-/m0/s1. The topological polar surface area (TPSA) is 52.6 Å². The van der Waals surface area contributed by atoms with Crippen LogP contribution in [0.15, 0.2) is 60.7 Å². The van der Waals surface area contributed by atoms with E-state index in [0.29, 0.717) is 13.2 Å². The molecule has 0 aromatic heterocycles. The highest BCUT2D eigenvalue weighted by Crippen LogP contribution is 2.20. The van der Waals surface area contributed by atoms with E-state index >= 15 is 0 Å². The van der Waals surface area contributed by atoms with E-state index in [1.165, 1.54) is 13.8 Å². The lowest BCUT2D eigenvalue weighted by Crippen LogP contribution is -2.43. The van der Waals surface area contributed by atoms with Crippen molar-refractivity contribution in [3.8, 4) is 0 Å². The molecule has 138 valence electrons. The molecule has 0 N–H and O–H groups in total. The lowest BCUT2D eigenvalue weighted by Gasteiger charge is -2.29. The Labute approximate surface area is 155 Å². The molecule has 0 amide bonds. The normalized spacial score (nSPS) is 14.4. The molecule has 0 aliphatic heterocycles. The van der Waals surface area contributed by atoms with E-state index in [-0.39, 0.29) is 11.6 Å². The Hall–Kier alpha value is -2.30. The van der Waals surface area contributed by atoms with Gasteiger partial charge in [0.15, 0.2) is 5.78 Å². The van der Waals surface area contributed by atoms with Gasteiger partial charge in [-0.2, -0.15) is 0 Å². The summed E-state index contributed by atoms with van der Waals surface area (Å²) >= 11 is 0. The van der Waals surface area contributed by atoms with Crippen molar-refractivity contribution in [1.29, 1.82) is 0 Å². The Morgan fingerprint density at radius 1 is 0.769 bits per heavy atom. The van der Waals surface area contributed by atoms with Crippen LogP contribution in [0.5, 0.6) is 0 Å².